The molecule has 7 heteroatoms. The van der Waals surface area contributed by atoms with Crippen LogP contribution in [0.15, 0.2) is 48.7 Å². The third-order valence-electron chi connectivity index (χ3n) is 6.63. The lowest BCUT2D eigenvalue weighted by Crippen LogP contribution is -2.45. The predicted octanol–water partition coefficient (Wildman–Crippen LogP) is 7.51. The molecule has 1 aliphatic heterocycles. The van der Waals surface area contributed by atoms with Gasteiger partial charge in [-0.15, -0.1) is 0 Å². The summed E-state index contributed by atoms with van der Waals surface area (Å²) >= 11 is 6.54. The fraction of sp³-hybridized carbons (Fsp3) is 0.367. The zero-order valence-electron chi connectivity index (χ0n) is 21.9. The number of nitrogens with two attached hydrogens (primary N) is 1. The summed E-state index contributed by atoms with van der Waals surface area (Å²) in [7, 11) is 0. The van der Waals surface area contributed by atoms with Crippen LogP contribution in [0.2, 0.25) is 5.02 Å². The van der Waals surface area contributed by atoms with Crippen LogP contribution in [-0.4, -0.2) is 22.0 Å². The van der Waals surface area contributed by atoms with Crippen LogP contribution in [0.25, 0.3) is 11.1 Å². The molecule has 3 aromatic rings. The molecule has 1 saturated heterocycles. The number of ether oxygens (including phenoxy) is 2. The van der Waals surface area contributed by atoms with Crippen molar-refractivity contribution in [3.05, 3.63) is 70.4 Å². The van der Waals surface area contributed by atoms with Crippen molar-refractivity contribution in [1.82, 2.24) is 4.98 Å². The molecule has 0 saturated carbocycles. The Morgan fingerprint density at radius 2 is 1.86 bits per heavy atom. The molecule has 0 radical (unpaired) electrons. The molecule has 0 spiro atoms. The van der Waals surface area contributed by atoms with Crippen molar-refractivity contribution in [1.29, 1.82) is 5.26 Å². The third kappa shape index (κ3) is 6.12. The van der Waals surface area contributed by atoms with Crippen LogP contribution in [0.1, 0.15) is 68.4 Å². The van der Waals surface area contributed by atoms with E-state index in [2.05, 4.69) is 38.7 Å². The fourth-order valence-corrected chi connectivity index (χ4v) is 5.62. The van der Waals surface area contributed by atoms with Crippen LogP contribution in [0.4, 0.5) is 5.82 Å². The first-order valence-corrected chi connectivity index (χ1v) is 12.7. The number of aromatic nitrogens is 1. The van der Waals surface area contributed by atoms with E-state index in [1.54, 1.807) is 36.5 Å². The monoisotopic (exact) mass is 517 g/mol. The van der Waals surface area contributed by atoms with Gasteiger partial charge in [0.05, 0.1) is 16.2 Å². The van der Waals surface area contributed by atoms with Gasteiger partial charge in [0.1, 0.15) is 28.9 Å². The van der Waals surface area contributed by atoms with Gasteiger partial charge in [-0.3, -0.25) is 4.79 Å². The van der Waals surface area contributed by atoms with Gasteiger partial charge in [0.15, 0.2) is 5.78 Å². The molecule has 6 nitrogen and oxygen atoms in total. The van der Waals surface area contributed by atoms with Crippen molar-refractivity contribution in [2.45, 2.75) is 65.1 Å². The van der Waals surface area contributed by atoms with E-state index in [1.165, 1.54) is 0 Å². The Labute approximate surface area is 223 Å². The van der Waals surface area contributed by atoms with E-state index in [0.29, 0.717) is 45.5 Å². The Morgan fingerprint density at radius 3 is 2.49 bits per heavy atom. The summed E-state index contributed by atoms with van der Waals surface area (Å²) in [5.74, 6) is 1.44. The van der Waals surface area contributed by atoms with Crippen LogP contribution in [-0.2, 0) is 4.74 Å². The number of benzene rings is 2. The maximum absolute atomic E-state index is 13.1. The second kappa shape index (κ2) is 10.2. The summed E-state index contributed by atoms with van der Waals surface area (Å²) in [5.41, 5.74) is 8.48. The summed E-state index contributed by atoms with van der Waals surface area (Å²) in [6, 6.07) is 14.5. The Hall–Kier alpha value is -3.40. The van der Waals surface area contributed by atoms with Crippen LogP contribution in [0.5, 0.6) is 11.5 Å². The molecule has 1 fully saturated rings. The van der Waals surface area contributed by atoms with Gasteiger partial charge < -0.3 is 15.2 Å². The molecule has 2 N–H and O–H groups in total. The van der Waals surface area contributed by atoms with E-state index in [0.717, 1.165) is 24.0 Å². The first kappa shape index (κ1) is 26.7. The second-order valence-electron chi connectivity index (χ2n) is 11.0. The van der Waals surface area contributed by atoms with Gasteiger partial charge in [-0.2, -0.15) is 5.26 Å². The number of rotatable bonds is 6. The number of aryl methyl sites for hydroxylation is 1. The molecule has 0 unspecified atom stereocenters. The number of halogens is 1. The van der Waals surface area contributed by atoms with E-state index < -0.39 is 0 Å². The number of carbonyl (C=O) groups is 1. The smallest absolute Gasteiger partial charge is 0.163 e. The number of ketones is 1. The SMILES string of the molecule is Cc1cc(-c2cccc(Oc3ccc(C(=O)CC4CC(C)(C)OC(C)(C)C4)cc3Cl)c2C#N)cnc1N. The van der Waals surface area contributed by atoms with E-state index in [-0.39, 0.29) is 22.9 Å². The molecule has 1 aromatic heterocycles. The number of hydrogen-bond acceptors (Lipinski definition) is 6. The largest absolute Gasteiger partial charge is 0.454 e. The number of carbonyl (C=O) groups excluding carboxylic acids is 1. The molecule has 2 aromatic carbocycles. The topological polar surface area (TPSA) is 98.2 Å². The quantitative estimate of drug-likeness (QED) is 0.339. The first-order valence-electron chi connectivity index (χ1n) is 12.3. The molecule has 192 valence electrons. The van der Waals surface area contributed by atoms with Gasteiger partial charge >= 0.3 is 0 Å². The maximum Gasteiger partial charge on any atom is 0.163 e. The predicted molar refractivity (Wildman–Crippen MR) is 146 cm³/mol. The summed E-state index contributed by atoms with van der Waals surface area (Å²) < 4.78 is 12.2. The normalized spacial score (nSPS) is 16.7. The maximum atomic E-state index is 13.1. The van der Waals surface area contributed by atoms with Gasteiger partial charge in [-0.05, 0) is 89.3 Å². The highest BCUT2D eigenvalue weighted by Crippen LogP contribution is 2.41. The Bertz CT molecular complexity index is 1380. The van der Waals surface area contributed by atoms with Crippen molar-refractivity contribution < 1.29 is 14.3 Å². The van der Waals surface area contributed by atoms with Crippen LogP contribution in [0, 0.1) is 24.2 Å². The number of nitriles is 1. The van der Waals surface area contributed by atoms with Crippen LogP contribution >= 0.6 is 11.6 Å². The Morgan fingerprint density at radius 1 is 1.16 bits per heavy atom. The molecule has 0 amide bonds. The lowest BCUT2D eigenvalue weighted by molar-refractivity contribution is -0.171. The summed E-state index contributed by atoms with van der Waals surface area (Å²) in [4.78, 5) is 17.3. The Balaban J connectivity index is 1.54. The Kier molecular flexibility index (Phi) is 7.32. The highest BCUT2D eigenvalue weighted by Gasteiger charge is 2.39. The minimum atomic E-state index is -0.268. The van der Waals surface area contributed by atoms with E-state index in [9.17, 15) is 10.1 Å². The number of pyridine rings is 1. The number of Topliss-reactive ketones (excluding diaryl/α,β-unsaturated/α-hetero) is 1. The minimum absolute atomic E-state index is 0.0397. The molecule has 4 rings (SSSR count). The van der Waals surface area contributed by atoms with Gasteiger partial charge in [0.25, 0.3) is 0 Å². The summed E-state index contributed by atoms with van der Waals surface area (Å²) in [5, 5.41) is 10.2. The average Bonchev–Trinajstić information content (AvgIpc) is 2.79. The van der Waals surface area contributed by atoms with Crippen LogP contribution in [0.3, 0.4) is 0 Å². The fourth-order valence-electron chi connectivity index (χ4n) is 5.40. The summed E-state index contributed by atoms with van der Waals surface area (Å²) in [6.45, 7) is 10.2. The zero-order valence-corrected chi connectivity index (χ0v) is 22.6. The van der Waals surface area contributed by atoms with Crippen molar-refractivity contribution in [2.24, 2.45) is 5.92 Å². The molecular weight excluding hydrogens is 486 g/mol. The zero-order chi connectivity index (χ0) is 27.0. The van der Waals surface area contributed by atoms with E-state index in [1.807, 2.05) is 19.1 Å². The summed E-state index contributed by atoms with van der Waals surface area (Å²) in [6.07, 6.45) is 3.72. The van der Waals surface area contributed by atoms with Crippen molar-refractivity contribution in [2.75, 3.05) is 5.73 Å². The average molecular weight is 518 g/mol. The second-order valence-corrected chi connectivity index (χ2v) is 11.4. The van der Waals surface area contributed by atoms with Crippen molar-refractivity contribution in [3.63, 3.8) is 0 Å². The number of hydrogen-bond donors (Lipinski definition) is 1. The molecule has 1 aliphatic rings. The lowest BCUT2D eigenvalue weighted by Gasteiger charge is -2.45. The number of nitrogens with zero attached hydrogens (tertiary/aromatic N) is 2. The van der Waals surface area contributed by atoms with E-state index >= 15 is 0 Å². The van der Waals surface area contributed by atoms with Gasteiger partial charge in [-0.25, -0.2) is 4.98 Å². The van der Waals surface area contributed by atoms with E-state index in [4.69, 9.17) is 26.8 Å². The number of anilines is 1. The molecule has 0 bridgehead atoms. The highest BCUT2D eigenvalue weighted by atomic mass is 35.5. The van der Waals surface area contributed by atoms with Gasteiger partial charge in [0.2, 0.25) is 0 Å². The standard InChI is InChI=1S/C30H32ClN3O3/c1-18-11-21(17-34-28(18)33)22-7-6-8-26(23(22)16-32)36-27-10-9-20(13-24(27)31)25(35)12-19-14-29(2,3)37-30(4,5)15-19/h6-11,13,17,19H,12,14-15H2,1-5H3,(H2,33,34). The molecule has 0 aliphatic carbocycles. The molecule has 2 heterocycles. The first-order chi connectivity index (χ1) is 17.4. The lowest BCUT2D eigenvalue weighted by atomic mass is 9.78. The molecule has 0 atom stereocenters. The van der Waals surface area contributed by atoms with Crippen molar-refractivity contribution >= 4 is 23.2 Å². The van der Waals surface area contributed by atoms with Crippen molar-refractivity contribution in [3.8, 4) is 28.7 Å². The molecule has 37 heavy (non-hydrogen) atoms. The van der Waals surface area contributed by atoms with Gasteiger partial charge in [0, 0.05) is 29.3 Å². The third-order valence-corrected chi connectivity index (χ3v) is 6.92. The highest BCUT2D eigenvalue weighted by molar-refractivity contribution is 6.32. The molecular formula is C30H32ClN3O3. The number of nitrogen functional groups attached to an aromatic ring is 1. The van der Waals surface area contributed by atoms with Gasteiger partial charge in [-0.1, -0.05) is 23.7 Å². The van der Waals surface area contributed by atoms with Crippen LogP contribution < -0.4 is 10.5 Å². The minimum Gasteiger partial charge on any atom is -0.454 e.